The molecule has 6 nitrogen and oxygen atoms in total. The number of esters is 1. The van der Waals surface area contributed by atoms with Crippen LogP contribution in [0.25, 0.3) is 16.8 Å². The normalized spacial score (nSPS) is 11.5. The Hall–Kier alpha value is -4.81. The van der Waals surface area contributed by atoms with E-state index in [1.807, 2.05) is 18.2 Å². The van der Waals surface area contributed by atoms with E-state index in [1.54, 1.807) is 30.3 Å². The van der Waals surface area contributed by atoms with Gasteiger partial charge in [0.15, 0.2) is 11.5 Å². The number of anilines is 1. The van der Waals surface area contributed by atoms with E-state index in [2.05, 4.69) is 5.32 Å². The molecule has 0 spiro atoms. The molecular formula is C29H18ClF3N2O4. The molecule has 0 heterocycles. The molecule has 0 bridgehead atoms. The van der Waals surface area contributed by atoms with Gasteiger partial charge in [-0.3, -0.25) is 4.79 Å². The van der Waals surface area contributed by atoms with E-state index in [4.69, 9.17) is 21.1 Å². The summed E-state index contributed by atoms with van der Waals surface area (Å²) < 4.78 is 50.1. The number of rotatable bonds is 6. The van der Waals surface area contributed by atoms with Gasteiger partial charge in [-0.05, 0) is 58.8 Å². The van der Waals surface area contributed by atoms with Crippen molar-refractivity contribution in [2.45, 2.75) is 6.18 Å². The quantitative estimate of drug-likeness (QED) is 0.118. The second kappa shape index (κ2) is 11.3. The van der Waals surface area contributed by atoms with Crippen LogP contribution in [0.3, 0.4) is 0 Å². The van der Waals surface area contributed by atoms with Crippen LogP contribution < -0.4 is 14.8 Å². The highest BCUT2D eigenvalue weighted by molar-refractivity contribution is 6.34. The van der Waals surface area contributed by atoms with Crippen molar-refractivity contribution in [3.63, 3.8) is 0 Å². The van der Waals surface area contributed by atoms with Gasteiger partial charge in [0.25, 0.3) is 5.91 Å². The van der Waals surface area contributed by atoms with Gasteiger partial charge in [-0.1, -0.05) is 54.1 Å². The summed E-state index contributed by atoms with van der Waals surface area (Å²) >= 11 is 5.94. The number of halogens is 4. The zero-order valence-corrected chi connectivity index (χ0v) is 20.9. The molecule has 4 aromatic rings. The fourth-order valence-corrected chi connectivity index (χ4v) is 3.89. The SMILES string of the molecule is COc1ccc(C=C(C#N)C(=O)Nc2cc(C(F)(F)F)ccc2Cl)cc1OC(=O)c1cccc2ccccc12. The lowest BCUT2D eigenvalue weighted by Gasteiger charge is -2.12. The number of carbonyl (C=O) groups is 2. The summed E-state index contributed by atoms with van der Waals surface area (Å²) in [6.07, 6.45) is -3.47. The Balaban J connectivity index is 1.61. The van der Waals surface area contributed by atoms with Gasteiger partial charge in [-0.15, -0.1) is 0 Å². The van der Waals surface area contributed by atoms with Crippen molar-refractivity contribution in [1.82, 2.24) is 0 Å². The number of methoxy groups -OCH3 is 1. The lowest BCUT2D eigenvalue weighted by atomic mass is 10.0. The molecular weight excluding hydrogens is 533 g/mol. The maximum Gasteiger partial charge on any atom is 0.416 e. The Bertz CT molecular complexity index is 1650. The summed E-state index contributed by atoms with van der Waals surface area (Å²) in [6, 6.07) is 21.0. The average Bonchev–Trinajstić information content (AvgIpc) is 2.92. The summed E-state index contributed by atoms with van der Waals surface area (Å²) in [5.41, 5.74) is -1.14. The van der Waals surface area contributed by atoms with Crippen LogP contribution in [0.5, 0.6) is 11.5 Å². The minimum atomic E-state index is -4.65. The standard InChI is InChI=1S/C29H18ClF3N2O4/c1-38-25-12-9-17(14-26(25)39-28(37)22-8-4-6-18-5-2-3-7-21(18)22)13-19(16-34)27(36)35-24-15-20(29(31,32)33)10-11-23(24)30/h2-15H,1H3,(H,35,36). The van der Waals surface area contributed by atoms with Crippen molar-refractivity contribution in [2.24, 2.45) is 0 Å². The van der Waals surface area contributed by atoms with E-state index < -0.39 is 29.2 Å². The van der Waals surface area contributed by atoms with Crippen LogP contribution >= 0.6 is 11.6 Å². The Labute approximate surface area is 225 Å². The van der Waals surface area contributed by atoms with Gasteiger partial charge in [0, 0.05) is 0 Å². The first-order chi connectivity index (χ1) is 18.6. The van der Waals surface area contributed by atoms with Gasteiger partial charge in [0.05, 0.1) is 28.9 Å². The van der Waals surface area contributed by atoms with Crippen LogP contribution in [-0.4, -0.2) is 19.0 Å². The lowest BCUT2D eigenvalue weighted by Crippen LogP contribution is -2.15. The highest BCUT2D eigenvalue weighted by Crippen LogP contribution is 2.34. The molecule has 39 heavy (non-hydrogen) atoms. The zero-order valence-electron chi connectivity index (χ0n) is 20.2. The third-order valence-electron chi connectivity index (χ3n) is 5.62. The Morgan fingerprint density at radius 3 is 2.44 bits per heavy atom. The molecule has 0 radical (unpaired) electrons. The largest absolute Gasteiger partial charge is 0.493 e. The predicted octanol–water partition coefficient (Wildman–Crippen LogP) is 7.29. The number of fused-ring (bicyclic) bond motifs is 1. The molecule has 0 aromatic heterocycles. The molecule has 0 saturated heterocycles. The van der Waals surface area contributed by atoms with Crippen LogP contribution in [-0.2, 0) is 11.0 Å². The number of ether oxygens (including phenoxy) is 2. The molecule has 10 heteroatoms. The fourth-order valence-electron chi connectivity index (χ4n) is 3.72. The van der Waals surface area contributed by atoms with Gasteiger partial charge >= 0.3 is 12.1 Å². The van der Waals surface area contributed by atoms with Crippen LogP contribution in [0, 0.1) is 11.3 Å². The molecule has 4 aromatic carbocycles. The first-order valence-electron chi connectivity index (χ1n) is 11.3. The van der Waals surface area contributed by atoms with Crippen LogP contribution in [0.4, 0.5) is 18.9 Å². The van der Waals surface area contributed by atoms with Crippen molar-refractivity contribution in [3.05, 3.63) is 106 Å². The fraction of sp³-hybridized carbons (Fsp3) is 0.0690. The van der Waals surface area contributed by atoms with Gasteiger partial charge in [0.1, 0.15) is 11.6 Å². The molecule has 0 aliphatic carbocycles. The number of nitriles is 1. The first-order valence-corrected chi connectivity index (χ1v) is 11.7. The smallest absolute Gasteiger partial charge is 0.416 e. The van der Waals surface area contributed by atoms with Crippen molar-refractivity contribution >= 4 is 46.0 Å². The second-order valence-electron chi connectivity index (χ2n) is 8.14. The number of nitrogens with one attached hydrogen (secondary N) is 1. The molecule has 1 amide bonds. The summed E-state index contributed by atoms with van der Waals surface area (Å²) in [7, 11) is 1.38. The van der Waals surface area contributed by atoms with Crippen molar-refractivity contribution in [3.8, 4) is 17.6 Å². The maximum absolute atomic E-state index is 13.1. The molecule has 0 atom stereocenters. The highest BCUT2D eigenvalue weighted by atomic mass is 35.5. The second-order valence-corrected chi connectivity index (χ2v) is 8.55. The highest BCUT2D eigenvalue weighted by Gasteiger charge is 2.31. The van der Waals surface area contributed by atoms with Gasteiger partial charge < -0.3 is 14.8 Å². The molecule has 1 N–H and O–H groups in total. The summed E-state index contributed by atoms with van der Waals surface area (Å²) in [5, 5.41) is 13.2. The third kappa shape index (κ3) is 6.20. The Morgan fingerprint density at radius 2 is 1.72 bits per heavy atom. The molecule has 196 valence electrons. The van der Waals surface area contributed by atoms with Crippen molar-refractivity contribution in [2.75, 3.05) is 12.4 Å². The minimum absolute atomic E-state index is 0.0304. The van der Waals surface area contributed by atoms with Crippen LogP contribution in [0.15, 0.2) is 84.4 Å². The minimum Gasteiger partial charge on any atom is -0.493 e. The van der Waals surface area contributed by atoms with Gasteiger partial charge in [-0.2, -0.15) is 18.4 Å². The monoisotopic (exact) mass is 550 g/mol. The number of hydrogen-bond donors (Lipinski definition) is 1. The van der Waals surface area contributed by atoms with Gasteiger partial charge in [-0.25, -0.2) is 4.79 Å². The van der Waals surface area contributed by atoms with Crippen LogP contribution in [0.2, 0.25) is 5.02 Å². The first kappa shape index (κ1) is 27.2. The van der Waals surface area contributed by atoms with Gasteiger partial charge in [0.2, 0.25) is 0 Å². The van der Waals surface area contributed by atoms with E-state index in [9.17, 15) is 28.0 Å². The predicted molar refractivity (Wildman–Crippen MR) is 141 cm³/mol. The van der Waals surface area contributed by atoms with Crippen molar-refractivity contribution in [1.29, 1.82) is 5.26 Å². The van der Waals surface area contributed by atoms with Crippen LogP contribution in [0.1, 0.15) is 21.5 Å². The lowest BCUT2D eigenvalue weighted by molar-refractivity contribution is -0.137. The maximum atomic E-state index is 13.1. The number of benzene rings is 4. The number of carbonyl (C=O) groups excluding carboxylic acids is 2. The van der Waals surface area contributed by atoms with E-state index in [0.29, 0.717) is 22.6 Å². The molecule has 4 rings (SSSR count). The number of hydrogen-bond acceptors (Lipinski definition) is 5. The molecule has 0 unspecified atom stereocenters. The summed E-state index contributed by atoms with van der Waals surface area (Å²) in [6.45, 7) is 0. The van der Waals surface area contributed by atoms with E-state index in [-0.39, 0.29) is 22.2 Å². The third-order valence-corrected chi connectivity index (χ3v) is 5.95. The average molecular weight is 551 g/mol. The summed E-state index contributed by atoms with van der Waals surface area (Å²) in [4.78, 5) is 25.7. The number of nitrogens with zero attached hydrogens (tertiary/aromatic N) is 1. The Kier molecular flexibility index (Phi) is 7.88. The molecule has 0 saturated carbocycles. The molecule has 0 aliphatic rings. The zero-order chi connectivity index (χ0) is 28.2. The van der Waals surface area contributed by atoms with E-state index in [1.165, 1.54) is 31.4 Å². The van der Waals surface area contributed by atoms with Crippen molar-refractivity contribution < 1.29 is 32.2 Å². The Morgan fingerprint density at radius 1 is 0.974 bits per heavy atom. The summed E-state index contributed by atoms with van der Waals surface area (Å²) in [5.74, 6) is -1.38. The molecule has 0 fully saturated rings. The van der Waals surface area contributed by atoms with E-state index in [0.717, 1.165) is 17.5 Å². The molecule has 0 aliphatic heterocycles. The number of alkyl halides is 3. The number of amides is 1. The topological polar surface area (TPSA) is 88.4 Å². The van der Waals surface area contributed by atoms with E-state index >= 15 is 0 Å².